The molecule has 0 aliphatic carbocycles. The van der Waals surface area contributed by atoms with E-state index in [9.17, 15) is 4.79 Å². The van der Waals surface area contributed by atoms with Gasteiger partial charge in [-0.25, -0.2) is 0 Å². The molecule has 0 saturated carbocycles. The number of hydrogen-bond donors (Lipinski definition) is 0. The number of para-hydroxylation sites is 2. The molecule has 3 nitrogen and oxygen atoms in total. The predicted octanol–water partition coefficient (Wildman–Crippen LogP) is 3.04. The van der Waals surface area contributed by atoms with Gasteiger partial charge in [-0.05, 0) is 25.0 Å². The summed E-state index contributed by atoms with van der Waals surface area (Å²) in [6, 6.07) is 7.17. The van der Waals surface area contributed by atoms with Crippen LogP contribution in [0.25, 0.3) is 0 Å². The number of benzene rings is 1. The topological polar surface area (TPSA) is 35.5 Å². The Morgan fingerprint density at radius 2 is 1.75 bits per heavy atom. The van der Waals surface area contributed by atoms with Crippen molar-refractivity contribution >= 4 is 5.97 Å². The van der Waals surface area contributed by atoms with Gasteiger partial charge in [-0.1, -0.05) is 26.0 Å². The molecule has 0 amide bonds. The van der Waals surface area contributed by atoms with Crippen LogP contribution in [0.1, 0.15) is 26.7 Å². The Kier molecular flexibility index (Phi) is 4.83. The highest BCUT2D eigenvalue weighted by molar-refractivity contribution is 5.75. The van der Waals surface area contributed by atoms with E-state index in [1.165, 1.54) is 0 Å². The minimum absolute atomic E-state index is 0.0371. The van der Waals surface area contributed by atoms with Gasteiger partial charge in [0.05, 0.1) is 13.0 Å². The normalized spacial score (nSPS) is 10.2. The van der Waals surface area contributed by atoms with E-state index < -0.39 is 0 Å². The van der Waals surface area contributed by atoms with Crippen molar-refractivity contribution in [2.45, 2.75) is 26.7 Å². The molecule has 1 aromatic rings. The predicted molar refractivity (Wildman–Crippen MR) is 62.7 cm³/mol. The van der Waals surface area contributed by atoms with Crippen LogP contribution in [0.2, 0.25) is 0 Å². The second-order valence-electron chi connectivity index (χ2n) is 3.59. The summed E-state index contributed by atoms with van der Waals surface area (Å²) in [7, 11) is 1.56. The van der Waals surface area contributed by atoms with Crippen molar-refractivity contribution in [3.05, 3.63) is 24.3 Å². The van der Waals surface area contributed by atoms with Crippen LogP contribution in [-0.2, 0) is 4.79 Å². The first-order valence-corrected chi connectivity index (χ1v) is 5.57. The summed E-state index contributed by atoms with van der Waals surface area (Å²) in [5, 5.41) is 0. The summed E-state index contributed by atoms with van der Waals surface area (Å²) in [6.07, 6.45) is 1.59. The van der Waals surface area contributed by atoms with Crippen LogP contribution in [-0.4, -0.2) is 13.1 Å². The molecule has 0 atom stereocenters. The fraction of sp³-hybridized carbons (Fsp3) is 0.462. The molecule has 0 aliphatic heterocycles. The Bertz CT molecular complexity index is 343. The van der Waals surface area contributed by atoms with Crippen molar-refractivity contribution in [1.82, 2.24) is 0 Å². The number of rotatable bonds is 5. The van der Waals surface area contributed by atoms with E-state index in [1.807, 2.05) is 26.0 Å². The Balaban J connectivity index is 2.76. The maximum absolute atomic E-state index is 11.8. The molecule has 16 heavy (non-hydrogen) atoms. The van der Waals surface area contributed by atoms with Gasteiger partial charge in [-0.15, -0.1) is 0 Å². The van der Waals surface area contributed by atoms with Crippen LogP contribution in [0.4, 0.5) is 0 Å². The van der Waals surface area contributed by atoms with Crippen LogP contribution in [0, 0.1) is 5.92 Å². The maximum Gasteiger partial charge on any atom is 0.314 e. The molecule has 0 spiro atoms. The van der Waals surface area contributed by atoms with Crippen molar-refractivity contribution in [3.8, 4) is 11.5 Å². The molecule has 0 bridgehead atoms. The van der Waals surface area contributed by atoms with Crippen molar-refractivity contribution in [3.63, 3.8) is 0 Å². The quantitative estimate of drug-likeness (QED) is 0.567. The largest absolute Gasteiger partial charge is 0.493 e. The summed E-state index contributed by atoms with van der Waals surface area (Å²) >= 11 is 0. The van der Waals surface area contributed by atoms with Crippen molar-refractivity contribution in [2.24, 2.45) is 5.92 Å². The standard InChI is InChI=1S/C13H18O3/c1-4-10(5-2)13(14)16-12-9-7-6-8-11(12)15-3/h6-10H,4-5H2,1-3H3. The van der Waals surface area contributed by atoms with Gasteiger partial charge in [-0.3, -0.25) is 4.79 Å². The summed E-state index contributed by atoms with van der Waals surface area (Å²) in [6.45, 7) is 3.97. The highest BCUT2D eigenvalue weighted by Crippen LogP contribution is 2.27. The van der Waals surface area contributed by atoms with E-state index in [0.717, 1.165) is 12.8 Å². The van der Waals surface area contributed by atoms with Gasteiger partial charge < -0.3 is 9.47 Å². The fourth-order valence-electron chi connectivity index (χ4n) is 1.52. The molecule has 1 rings (SSSR count). The number of methoxy groups -OCH3 is 1. The van der Waals surface area contributed by atoms with Crippen LogP contribution in [0.15, 0.2) is 24.3 Å². The van der Waals surface area contributed by atoms with Gasteiger partial charge in [-0.2, -0.15) is 0 Å². The average Bonchev–Trinajstić information content (AvgIpc) is 2.31. The third kappa shape index (κ3) is 2.99. The van der Waals surface area contributed by atoms with E-state index >= 15 is 0 Å². The minimum Gasteiger partial charge on any atom is -0.493 e. The maximum atomic E-state index is 11.8. The van der Waals surface area contributed by atoms with Gasteiger partial charge in [0.1, 0.15) is 0 Å². The zero-order chi connectivity index (χ0) is 12.0. The minimum atomic E-state index is -0.186. The Labute approximate surface area is 96.4 Å². The molecule has 0 unspecified atom stereocenters. The third-order valence-electron chi connectivity index (χ3n) is 2.60. The summed E-state index contributed by atoms with van der Waals surface area (Å²) in [4.78, 5) is 11.8. The Morgan fingerprint density at radius 1 is 1.19 bits per heavy atom. The number of hydrogen-bond acceptors (Lipinski definition) is 3. The van der Waals surface area contributed by atoms with E-state index in [1.54, 1.807) is 19.2 Å². The lowest BCUT2D eigenvalue weighted by molar-refractivity contribution is -0.139. The fourth-order valence-corrected chi connectivity index (χ4v) is 1.52. The van der Waals surface area contributed by atoms with Gasteiger partial charge in [0.2, 0.25) is 0 Å². The highest BCUT2D eigenvalue weighted by atomic mass is 16.6. The first-order valence-electron chi connectivity index (χ1n) is 5.57. The molecule has 1 aromatic carbocycles. The molecule has 0 fully saturated rings. The molecule has 0 saturated heterocycles. The lowest BCUT2D eigenvalue weighted by Crippen LogP contribution is -2.19. The molecular formula is C13H18O3. The van der Waals surface area contributed by atoms with E-state index in [-0.39, 0.29) is 11.9 Å². The lowest BCUT2D eigenvalue weighted by Gasteiger charge is -2.13. The Hall–Kier alpha value is -1.51. The second-order valence-corrected chi connectivity index (χ2v) is 3.59. The lowest BCUT2D eigenvalue weighted by atomic mass is 10.0. The van der Waals surface area contributed by atoms with Gasteiger partial charge >= 0.3 is 5.97 Å². The molecule has 0 aliphatic rings. The molecular weight excluding hydrogens is 204 g/mol. The van der Waals surface area contributed by atoms with E-state index in [4.69, 9.17) is 9.47 Å². The third-order valence-corrected chi connectivity index (χ3v) is 2.60. The zero-order valence-corrected chi connectivity index (χ0v) is 10.0. The van der Waals surface area contributed by atoms with Crippen molar-refractivity contribution in [1.29, 1.82) is 0 Å². The van der Waals surface area contributed by atoms with Gasteiger partial charge in [0.15, 0.2) is 11.5 Å². The molecule has 0 radical (unpaired) electrons. The molecule has 0 N–H and O–H groups in total. The highest BCUT2D eigenvalue weighted by Gasteiger charge is 2.17. The monoisotopic (exact) mass is 222 g/mol. The van der Waals surface area contributed by atoms with Crippen molar-refractivity contribution in [2.75, 3.05) is 7.11 Å². The van der Waals surface area contributed by atoms with Crippen LogP contribution >= 0.6 is 0 Å². The SMILES string of the molecule is CCC(CC)C(=O)Oc1ccccc1OC. The number of carbonyl (C=O) groups excluding carboxylic acids is 1. The molecule has 3 heteroatoms. The summed E-state index contributed by atoms with van der Waals surface area (Å²) in [5.74, 6) is 0.850. The second kappa shape index (κ2) is 6.16. The van der Waals surface area contributed by atoms with E-state index in [0.29, 0.717) is 11.5 Å². The first kappa shape index (κ1) is 12.6. The van der Waals surface area contributed by atoms with Crippen LogP contribution < -0.4 is 9.47 Å². The number of carbonyl (C=O) groups is 1. The average molecular weight is 222 g/mol. The van der Waals surface area contributed by atoms with Crippen LogP contribution in [0.3, 0.4) is 0 Å². The summed E-state index contributed by atoms with van der Waals surface area (Å²) in [5.41, 5.74) is 0. The first-order chi connectivity index (χ1) is 7.72. The molecule has 0 heterocycles. The smallest absolute Gasteiger partial charge is 0.314 e. The van der Waals surface area contributed by atoms with E-state index in [2.05, 4.69) is 0 Å². The zero-order valence-electron chi connectivity index (χ0n) is 10.0. The molecule has 88 valence electrons. The number of esters is 1. The van der Waals surface area contributed by atoms with Crippen molar-refractivity contribution < 1.29 is 14.3 Å². The Morgan fingerprint density at radius 3 is 2.25 bits per heavy atom. The van der Waals surface area contributed by atoms with Crippen LogP contribution in [0.5, 0.6) is 11.5 Å². The molecule has 0 aromatic heterocycles. The van der Waals surface area contributed by atoms with Gasteiger partial charge in [0, 0.05) is 0 Å². The van der Waals surface area contributed by atoms with Gasteiger partial charge in [0.25, 0.3) is 0 Å². The summed E-state index contributed by atoms with van der Waals surface area (Å²) < 4.78 is 10.4. The number of ether oxygens (including phenoxy) is 2.